The van der Waals surface area contributed by atoms with Crippen molar-refractivity contribution >= 4 is 16.8 Å². The van der Waals surface area contributed by atoms with Crippen molar-refractivity contribution in [2.24, 2.45) is 0 Å². The molecule has 0 unspecified atom stereocenters. The quantitative estimate of drug-likeness (QED) is 0.357. The van der Waals surface area contributed by atoms with Gasteiger partial charge in [-0.05, 0) is 35.4 Å². The number of likely N-dealkylation sites (N-methyl/N-ethyl adjacent to an activating group) is 1. The minimum absolute atomic E-state index is 0.0916. The first-order valence-corrected chi connectivity index (χ1v) is 12.5. The summed E-state index contributed by atoms with van der Waals surface area (Å²) in [5, 5.41) is 1.07. The minimum Gasteiger partial charge on any atom is -0.343 e. The molecule has 1 aliphatic rings. The number of hydrogen-bond acceptors (Lipinski definition) is 2. The van der Waals surface area contributed by atoms with Crippen molar-refractivity contribution in [1.82, 2.24) is 14.4 Å². The van der Waals surface area contributed by atoms with Crippen LogP contribution >= 0.6 is 0 Å². The van der Waals surface area contributed by atoms with Crippen molar-refractivity contribution in [2.45, 2.75) is 25.8 Å². The Labute approximate surface area is 206 Å². The monoisotopic (exact) mass is 469 g/mol. The molecule has 5 heteroatoms. The number of carbonyl (C=O) groups is 1. The first-order valence-electron chi connectivity index (χ1n) is 12.5. The van der Waals surface area contributed by atoms with Gasteiger partial charge < -0.3 is 14.4 Å². The highest BCUT2D eigenvalue weighted by Gasteiger charge is 2.28. The van der Waals surface area contributed by atoms with E-state index < -0.39 is 0 Å². The minimum atomic E-state index is -0.352. The summed E-state index contributed by atoms with van der Waals surface area (Å²) in [5.74, 6) is -0.523. The number of para-hydroxylation sites is 1. The summed E-state index contributed by atoms with van der Waals surface area (Å²) in [6, 6.07) is 25.5. The highest BCUT2D eigenvalue weighted by atomic mass is 19.1. The number of carbonyl (C=O) groups excluding carboxylic acids is 1. The summed E-state index contributed by atoms with van der Waals surface area (Å²) in [6.07, 6.45) is 2.38. The van der Waals surface area contributed by atoms with Crippen molar-refractivity contribution in [3.05, 3.63) is 108 Å². The zero-order valence-electron chi connectivity index (χ0n) is 20.2. The van der Waals surface area contributed by atoms with E-state index in [-0.39, 0.29) is 24.1 Å². The zero-order valence-corrected chi connectivity index (χ0v) is 20.2. The van der Waals surface area contributed by atoms with E-state index in [1.165, 1.54) is 11.6 Å². The Morgan fingerprint density at radius 3 is 2.29 bits per heavy atom. The van der Waals surface area contributed by atoms with Crippen LogP contribution in [0.3, 0.4) is 0 Å². The van der Waals surface area contributed by atoms with Gasteiger partial charge in [-0.1, -0.05) is 73.7 Å². The van der Waals surface area contributed by atoms with E-state index in [0.29, 0.717) is 5.56 Å². The predicted molar refractivity (Wildman–Crippen MR) is 139 cm³/mol. The van der Waals surface area contributed by atoms with E-state index in [4.69, 9.17) is 0 Å². The summed E-state index contributed by atoms with van der Waals surface area (Å²) in [5.41, 5.74) is 3.88. The first kappa shape index (κ1) is 23.3. The number of halogens is 1. The maximum absolute atomic E-state index is 15.1. The summed E-state index contributed by atoms with van der Waals surface area (Å²) in [6.45, 7) is 7.11. The van der Waals surface area contributed by atoms with Crippen LogP contribution in [0.2, 0.25) is 0 Å². The van der Waals surface area contributed by atoms with Gasteiger partial charge in [0.05, 0.1) is 0 Å². The second-order valence-corrected chi connectivity index (χ2v) is 9.31. The van der Waals surface area contributed by atoms with Gasteiger partial charge in [-0.15, -0.1) is 0 Å². The first-order chi connectivity index (χ1) is 17.1. The second kappa shape index (κ2) is 10.4. The molecule has 2 heterocycles. The molecule has 0 bridgehead atoms. The molecule has 3 aromatic carbocycles. The number of nitrogens with zero attached hydrogens (tertiary/aromatic N) is 3. The summed E-state index contributed by atoms with van der Waals surface area (Å²) < 4.78 is 17.4. The number of benzene rings is 3. The molecule has 1 atom stereocenters. The van der Waals surface area contributed by atoms with E-state index in [9.17, 15) is 4.79 Å². The van der Waals surface area contributed by atoms with E-state index in [1.807, 2.05) is 47.4 Å². The molecule has 35 heavy (non-hydrogen) atoms. The van der Waals surface area contributed by atoms with Gasteiger partial charge in [0.15, 0.2) is 0 Å². The van der Waals surface area contributed by atoms with Crippen molar-refractivity contribution in [1.29, 1.82) is 0 Å². The number of aromatic nitrogens is 1. The van der Waals surface area contributed by atoms with Gasteiger partial charge in [0.2, 0.25) is 5.91 Å². The van der Waals surface area contributed by atoms with Crippen LogP contribution in [-0.4, -0.2) is 53.0 Å². The number of piperazine rings is 1. The Bertz CT molecular complexity index is 1290. The van der Waals surface area contributed by atoms with Crippen LogP contribution in [0.1, 0.15) is 36.0 Å². The van der Waals surface area contributed by atoms with Gasteiger partial charge in [-0.2, -0.15) is 0 Å². The summed E-state index contributed by atoms with van der Waals surface area (Å²) in [4.78, 5) is 17.8. The Kier molecular flexibility index (Phi) is 6.96. The number of hydrogen-bond donors (Lipinski definition) is 0. The molecule has 1 amide bonds. The lowest BCUT2D eigenvalue weighted by molar-refractivity contribution is -0.133. The van der Waals surface area contributed by atoms with Gasteiger partial charge in [0.25, 0.3) is 0 Å². The van der Waals surface area contributed by atoms with Gasteiger partial charge in [0.1, 0.15) is 5.82 Å². The fourth-order valence-corrected chi connectivity index (χ4v) is 5.23. The maximum Gasteiger partial charge on any atom is 0.223 e. The van der Waals surface area contributed by atoms with Gasteiger partial charge in [0, 0.05) is 62.2 Å². The molecular formula is C30H32FN3O. The third-order valence-corrected chi connectivity index (χ3v) is 7.22. The SMILES string of the molecule is CCN1CCN(C(=O)C[C@@H](c2ccccc2F)c2cn(Cc3ccccc3)c3ccccc23)CC1. The Hall–Kier alpha value is -3.44. The largest absolute Gasteiger partial charge is 0.343 e. The number of amides is 1. The molecule has 4 aromatic rings. The lowest BCUT2D eigenvalue weighted by Crippen LogP contribution is -2.48. The standard InChI is InChI=1S/C30H32FN3O/c1-2-32-16-18-33(19-17-32)30(35)20-26(24-12-6-8-14-28(24)31)27-22-34(21-23-10-4-3-5-11-23)29-15-9-7-13-25(27)29/h3-15,22,26H,2,16-21H2,1H3/t26-/m0/s1. The second-order valence-electron chi connectivity index (χ2n) is 9.31. The average Bonchev–Trinajstić information content (AvgIpc) is 3.26. The lowest BCUT2D eigenvalue weighted by Gasteiger charge is -2.35. The molecule has 0 radical (unpaired) electrons. The Balaban J connectivity index is 1.52. The fraction of sp³-hybridized carbons (Fsp3) is 0.300. The number of rotatable bonds is 7. The van der Waals surface area contributed by atoms with Gasteiger partial charge in [-0.3, -0.25) is 4.79 Å². The van der Waals surface area contributed by atoms with Crippen LogP contribution < -0.4 is 0 Å². The topological polar surface area (TPSA) is 28.5 Å². The molecule has 0 spiro atoms. The zero-order chi connectivity index (χ0) is 24.2. The molecule has 1 aliphatic heterocycles. The molecule has 5 rings (SSSR count). The van der Waals surface area contributed by atoms with Crippen LogP contribution in [0, 0.1) is 5.82 Å². The van der Waals surface area contributed by atoms with E-state index in [0.717, 1.165) is 55.7 Å². The number of fused-ring (bicyclic) bond motifs is 1. The van der Waals surface area contributed by atoms with Crippen molar-refractivity contribution in [3.63, 3.8) is 0 Å². The average molecular weight is 470 g/mol. The van der Waals surface area contributed by atoms with Crippen LogP contribution in [0.5, 0.6) is 0 Å². The molecule has 1 saturated heterocycles. The van der Waals surface area contributed by atoms with Crippen LogP contribution in [0.25, 0.3) is 10.9 Å². The summed E-state index contributed by atoms with van der Waals surface area (Å²) >= 11 is 0. The summed E-state index contributed by atoms with van der Waals surface area (Å²) in [7, 11) is 0. The van der Waals surface area contributed by atoms with E-state index in [1.54, 1.807) is 6.07 Å². The van der Waals surface area contributed by atoms with Gasteiger partial charge in [-0.25, -0.2) is 4.39 Å². The molecular weight excluding hydrogens is 437 g/mol. The normalized spacial score (nSPS) is 15.4. The van der Waals surface area contributed by atoms with E-state index >= 15 is 4.39 Å². The van der Waals surface area contributed by atoms with Gasteiger partial charge >= 0.3 is 0 Å². The van der Waals surface area contributed by atoms with Crippen molar-refractivity contribution < 1.29 is 9.18 Å². The third-order valence-electron chi connectivity index (χ3n) is 7.22. The highest BCUT2D eigenvalue weighted by Crippen LogP contribution is 2.36. The van der Waals surface area contributed by atoms with Crippen molar-refractivity contribution in [2.75, 3.05) is 32.7 Å². The van der Waals surface area contributed by atoms with E-state index in [2.05, 4.69) is 46.9 Å². The molecule has 0 saturated carbocycles. The smallest absolute Gasteiger partial charge is 0.223 e. The Morgan fingerprint density at radius 1 is 0.857 bits per heavy atom. The van der Waals surface area contributed by atoms with Crippen LogP contribution in [0.4, 0.5) is 4.39 Å². The maximum atomic E-state index is 15.1. The van der Waals surface area contributed by atoms with Crippen LogP contribution in [-0.2, 0) is 11.3 Å². The molecule has 4 nitrogen and oxygen atoms in total. The Morgan fingerprint density at radius 2 is 1.54 bits per heavy atom. The van der Waals surface area contributed by atoms with Crippen LogP contribution in [0.15, 0.2) is 85.1 Å². The predicted octanol–water partition coefficient (Wildman–Crippen LogP) is 5.51. The fourth-order valence-electron chi connectivity index (χ4n) is 5.23. The molecule has 0 N–H and O–H groups in total. The molecule has 1 fully saturated rings. The highest BCUT2D eigenvalue weighted by molar-refractivity contribution is 5.87. The molecule has 1 aromatic heterocycles. The third kappa shape index (κ3) is 5.01. The molecule has 0 aliphatic carbocycles. The van der Waals surface area contributed by atoms with Crippen molar-refractivity contribution in [3.8, 4) is 0 Å². The lowest BCUT2D eigenvalue weighted by atomic mass is 9.87. The molecule has 180 valence electrons.